The van der Waals surface area contributed by atoms with Gasteiger partial charge in [-0.1, -0.05) is 11.6 Å². The van der Waals surface area contributed by atoms with Gasteiger partial charge in [0.15, 0.2) is 5.75 Å². The molecule has 72 valence electrons. The number of aromatic nitrogens is 1. The van der Waals surface area contributed by atoms with Crippen LogP contribution < -0.4 is 4.74 Å². The molecule has 2 nitrogen and oxygen atoms in total. The summed E-state index contributed by atoms with van der Waals surface area (Å²) in [6.45, 7) is 1.42. The van der Waals surface area contributed by atoms with Crippen LogP contribution in [0.15, 0.2) is 12.4 Å². The maximum atomic E-state index is 11.8. The number of hydrogen-bond donors (Lipinski definition) is 0. The molecule has 1 aromatic rings. The van der Waals surface area contributed by atoms with Crippen LogP contribution in [0.25, 0.3) is 0 Å². The van der Waals surface area contributed by atoms with Crippen molar-refractivity contribution in [2.24, 2.45) is 0 Å². The van der Waals surface area contributed by atoms with Crippen molar-refractivity contribution < 1.29 is 17.9 Å². The SMILES string of the molecule is Cc1c(Cl)cncc1OC(F)(F)F. The largest absolute Gasteiger partial charge is 0.573 e. The van der Waals surface area contributed by atoms with Gasteiger partial charge in [0.1, 0.15) is 0 Å². The van der Waals surface area contributed by atoms with Gasteiger partial charge in [0, 0.05) is 11.8 Å². The lowest BCUT2D eigenvalue weighted by Crippen LogP contribution is -2.17. The third kappa shape index (κ3) is 2.77. The minimum absolute atomic E-state index is 0.141. The van der Waals surface area contributed by atoms with Crippen LogP contribution in [0.1, 0.15) is 5.56 Å². The zero-order chi connectivity index (χ0) is 10.1. The monoisotopic (exact) mass is 211 g/mol. The molecule has 0 aliphatic heterocycles. The average Bonchev–Trinajstić information content (AvgIpc) is 1.96. The Morgan fingerprint density at radius 3 is 2.54 bits per heavy atom. The topological polar surface area (TPSA) is 22.1 Å². The summed E-state index contributed by atoms with van der Waals surface area (Å²) in [6, 6.07) is 0. The van der Waals surface area contributed by atoms with E-state index in [0.717, 1.165) is 6.20 Å². The van der Waals surface area contributed by atoms with E-state index < -0.39 is 6.36 Å². The molecule has 0 aromatic carbocycles. The zero-order valence-electron chi connectivity index (χ0n) is 6.52. The Bertz CT molecular complexity index is 313. The predicted molar refractivity (Wildman–Crippen MR) is 40.7 cm³/mol. The standard InChI is InChI=1S/C7H5ClF3NO/c1-4-5(8)2-12-3-6(4)13-7(9,10)11/h2-3H,1H3. The van der Waals surface area contributed by atoms with Crippen LogP contribution in [0, 0.1) is 6.92 Å². The van der Waals surface area contributed by atoms with Crippen molar-refractivity contribution in [2.45, 2.75) is 13.3 Å². The number of ether oxygens (including phenoxy) is 1. The first-order valence-electron chi connectivity index (χ1n) is 3.26. The summed E-state index contributed by atoms with van der Waals surface area (Å²) >= 11 is 5.53. The van der Waals surface area contributed by atoms with Gasteiger partial charge in [0.25, 0.3) is 0 Å². The molecule has 0 saturated heterocycles. The first-order valence-corrected chi connectivity index (χ1v) is 3.64. The first kappa shape index (κ1) is 10.1. The Hall–Kier alpha value is -0.970. The highest BCUT2D eigenvalue weighted by Crippen LogP contribution is 2.28. The molecule has 0 amide bonds. The smallest absolute Gasteiger partial charge is 0.404 e. The minimum atomic E-state index is -4.71. The van der Waals surface area contributed by atoms with Gasteiger partial charge < -0.3 is 4.74 Å². The predicted octanol–water partition coefficient (Wildman–Crippen LogP) is 2.94. The summed E-state index contributed by atoms with van der Waals surface area (Å²) in [5, 5.41) is 0.141. The lowest BCUT2D eigenvalue weighted by Gasteiger charge is -2.10. The first-order chi connectivity index (χ1) is 5.90. The Labute approximate surface area is 77.3 Å². The Morgan fingerprint density at radius 1 is 1.38 bits per heavy atom. The zero-order valence-corrected chi connectivity index (χ0v) is 7.28. The second kappa shape index (κ2) is 3.41. The maximum absolute atomic E-state index is 11.8. The second-order valence-corrected chi connectivity index (χ2v) is 2.70. The molecular weight excluding hydrogens is 207 g/mol. The maximum Gasteiger partial charge on any atom is 0.573 e. The van der Waals surface area contributed by atoms with Crippen molar-refractivity contribution in [3.05, 3.63) is 23.0 Å². The van der Waals surface area contributed by atoms with Crippen LogP contribution in [0.2, 0.25) is 5.02 Å². The normalized spacial score (nSPS) is 11.5. The van der Waals surface area contributed by atoms with Crippen molar-refractivity contribution in [3.8, 4) is 5.75 Å². The molecule has 0 aliphatic carbocycles. The molecule has 0 atom stereocenters. The quantitative estimate of drug-likeness (QED) is 0.713. The average molecular weight is 212 g/mol. The molecule has 0 fully saturated rings. The number of rotatable bonds is 1. The van der Waals surface area contributed by atoms with E-state index in [9.17, 15) is 13.2 Å². The molecule has 0 saturated carbocycles. The molecule has 1 aromatic heterocycles. The third-order valence-electron chi connectivity index (χ3n) is 1.33. The highest BCUT2D eigenvalue weighted by molar-refractivity contribution is 6.31. The second-order valence-electron chi connectivity index (χ2n) is 2.29. The minimum Gasteiger partial charge on any atom is -0.404 e. The van der Waals surface area contributed by atoms with Gasteiger partial charge in [0.05, 0.1) is 11.2 Å². The number of nitrogens with zero attached hydrogens (tertiary/aromatic N) is 1. The molecular formula is C7H5ClF3NO. The van der Waals surface area contributed by atoms with Crippen LogP contribution in [-0.2, 0) is 0 Å². The van der Waals surface area contributed by atoms with Gasteiger partial charge in [-0.25, -0.2) is 0 Å². The van der Waals surface area contributed by atoms with E-state index in [0.29, 0.717) is 0 Å². The summed E-state index contributed by atoms with van der Waals surface area (Å²) in [5.74, 6) is -0.375. The van der Waals surface area contributed by atoms with Gasteiger partial charge in [0.2, 0.25) is 0 Å². The van der Waals surface area contributed by atoms with Crippen molar-refractivity contribution in [1.29, 1.82) is 0 Å². The Morgan fingerprint density at radius 2 is 2.00 bits per heavy atom. The van der Waals surface area contributed by atoms with E-state index >= 15 is 0 Å². The molecule has 0 bridgehead atoms. The van der Waals surface area contributed by atoms with Gasteiger partial charge in [-0.05, 0) is 6.92 Å². The summed E-state index contributed by atoms with van der Waals surface area (Å²) in [4.78, 5) is 3.47. The molecule has 1 heterocycles. The lowest BCUT2D eigenvalue weighted by atomic mass is 10.3. The molecule has 0 aliphatic rings. The van der Waals surface area contributed by atoms with E-state index in [-0.39, 0.29) is 16.3 Å². The van der Waals surface area contributed by atoms with E-state index in [1.165, 1.54) is 13.1 Å². The van der Waals surface area contributed by atoms with Crippen molar-refractivity contribution in [3.63, 3.8) is 0 Å². The number of pyridine rings is 1. The number of alkyl halides is 3. The lowest BCUT2D eigenvalue weighted by molar-refractivity contribution is -0.274. The van der Waals surface area contributed by atoms with E-state index in [1.807, 2.05) is 0 Å². The molecule has 0 unspecified atom stereocenters. The van der Waals surface area contributed by atoms with Crippen molar-refractivity contribution in [1.82, 2.24) is 4.98 Å². The van der Waals surface area contributed by atoms with E-state index in [1.54, 1.807) is 0 Å². The van der Waals surface area contributed by atoms with Crippen LogP contribution in [0.3, 0.4) is 0 Å². The molecule has 13 heavy (non-hydrogen) atoms. The van der Waals surface area contributed by atoms with Crippen LogP contribution in [0.4, 0.5) is 13.2 Å². The Kier molecular flexibility index (Phi) is 2.66. The van der Waals surface area contributed by atoms with Gasteiger partial charge >= 0.3 is 6.36 Å². The highest BCUT2D eigenvalue weighted by atomic mass is 35.5. The fourth-order valence-electron chi connectivity index (χ4n) is 0.709. The Balaban J connectivity index is 2.96. The van der Waals surface area contributed by atoms with Crippen molar-refractivity contribution >= 4 is 11.6 Å². The summed E-state index contributed by atoms with van der Waals surface area (Å²) in [7, 11) is 0. The molecule has 1 rings (SSSR count). The van der Waals surface area contributed by atoms with Crippen LogP contribution in [0.5, 0.6) is 5.75 Å². The highest BCUT2D eigenvalue weighted by Gasteiger charge is 2.32. The molecule has 0 radical (unpaired) electrons. The van der Waals surface area contributed by atoms with Gasteiger partial charge in [-0.3, -0.25) is 4.98 Å². The van der Waals surface area contributed by atoms with Crippen LogP contribution >= 0.6 is 11.6 Å². The third-order valence-corrected chi connectivity index (χ3v) is 1.71. The van der Waals surface area contributed by atoms with Gasteiger partial charge in [-0.2, -0.15) is 0 Å². The van der Waals surface area contributed by atoms with Crippen molar-refractivity contribution in [2.75, 3.05) is 0 Å². The van der Waals surface area contributed by atoms with E-state index in [4.69, 9.17) is 11.6 Å². The molecule has 0 N–H and O–H groups in total. The summed E-state index contributed by atoms with van der Waals surface area (Å²) in [5.41, 5.74) is 0.217. The van der Waals surface area contributed by atoms with Crippen LogP contribution in [-0.4, -0.2) is 11.3 Å². The van der Waals surface area contributed by atoms with E-state index in [2.05, 4.69) is 9.72 Å². The van der Waals surface area contributed by atoms with Gasteiger partial charge in [-0.15, -0.1) is 13.2 Å². The summed E-state index contributed by atoms with van der Waals surface area (Å²) < 4.78 is 38.9. The molecule has 6 heteroatoms. The number of hydrogen-bond acceptors (Lipinski definition) is 2. The summed E-state index contributed by atoms with van der Waals surface area (Å²) in [6.07, 6.45) is -2.49. The number of halogens is 4. The molecule has 0 spiro atoms. The fraction of sp³-hybridized carbons (Fsp3) is 0.286. The fourth-order valence-corrected chi connectivity index (χ4v) is 0.859.